The largest absolute Gasteiger partial charge is 0.458 e. The van der Waals surface area contributed by atoms with Gasteiger partial charge in [-0.3, -0.25) is 14.3 Å². The average Bonchev–Trinajstić information content (AvgIpc) is 2.66. The topological polar surface area (TPSA) is 92.1 Å². The Morgan fingerprint density at radius 3 is 2.81 bits per heavy atom. The second kappa shape index (κ2) is 6.13. The molecule has 2 N–H and O–H groups in total. The lowest BCUT2D eigenvalue weighted by Gasteiger charge is -2.08. The van der Waals surface area contributed by atoms with Gasteiger partial charge in [-0.25, -0.2) is 0 Å². The lowest BCUT2D eigenvalue weighted by atomic mass is 10.4. The SMILES string of the molecule is Cc1nn(C)c(COC(=O)Cn2cc(N)ccc2=O)c1Br. The number of ether oxygens (including phenoxy) is 1. The molecule has 0 bridgehead atoms. The van der Waals surface area contributed by atoms with E-state index in [0.717, 1.165) is 15.9 Å². The first-order valence-electron chi connectivity index (χ1n) is 6.18. The number of aromatic nitrogens is 3. The van der Waals surface area contributed by atoms with Gasteiger partial charge < -0.3 is 15.0 Å². The summed E-state index contributed by atoms with van der Waals surface area (Å²) in [5.74, 6) is -0.520. The number of nitrogens with two attached hydrogens (primary N) is 1. The number of hydrogen-bond donors (Lipinski definition) is 1. The first-order chi connectivity index (χ1) is 9.88. The van der Waals surface area contributed by atoms with Gasteiger partial charge in [0.25, 0.3) is 5.56 Å². The van der Waals surface area contributed by atoms with Gasteiger partial charge in [-0.15, -0.1) is 0 Å². The van der Waals surface area contributed by atoms with Crippen LogP contribution in [0.5, 0.6) is 0 Å². The highest BCUT2D eigenvalue weighted by Gasteiger charge is 2.13. The van der Waals surface area contributed by atoms with Gasteiger partial charge in [0, 0.05) is 25.0 Å². The van der Waals surface area contributed by atoms with Gasteiger partial charge in [-0.2, -0.15) is 5.10 Å². The number of nitrogens with zero attached hydrogens (tertiary/aromatic N) is 3. The van der Waals surface area contributed by atoms with Crippen molar-refractivity contribution in [2.45, 2.75) is 20.1 Å². The van der Waals surface area contributed by atoms with Crippen molar-refractivity contribution >= 4 is 27.6 Å². The molecule has 8 heteroatoms. The van der Waals surface area contributed by atoms with Crippen molar-refractivity contribution < 1.29 is 9.53 Å². The molecule has 0 saturated heterocycles. The summed E-state index contributed by atoms with van der Waals surface area (Å²) in [5, 5.41) is 4.21. The van der Waals surface area contributed by atoms with Crippen molar-refractivity contribution in [2.24, 2.45) is 7.05 Å². The van der Waals surface area contributed by atoms with E-state index < -0.39 is 5.97 Å². The quantitative estimate of drug-likeness (QED) is 0.826. The third-order valence-electron chi connectivity index (χ3n) is 2.94. The molecule has 0 atom stereocenters. The van der Waals surface area contributed by atoms with Crippen LogP contribution in [0, 0.1) is 6.92 Å². The molecule has 2 rings (SSSR count). The van der Waals surface area contributed by atoms with E-state index in [4.69, 9.17) is 10.5 Å². The molecule has 0 aliphatic heterocycles. The standard InChI is InChI=1S/C13H15BrN4O3/c1-8-13(14)10(17(2)16-8)7-21-12(20)6-18-5-9(15)3-4-11(18)19/h3-5H,6-7,15H2,1-2H3. The van der Waals surface area contributed by atoms with Crippen molar-refractivity contribution in [2.75, 3.05) is 5.73 Å². The smallest absolute Gasteiger partial charge is 0.326 e. The summed E-state index contributed by atoms with van der Waals surface area (Å²) in [6.45, 7) is 1.74. The Morgan fingerprint density at radius 2 is 2.19 bits per heavy atom. The second-order valence-electron chi connectivity index (χ2n) is 4.56. The number of carbonyl (C=O) groups excluding carboxylic acids is 1. The molecule has 0 saturated carbocycles. The molecule has 0 amide bonds. The molecule has 112 valence electrons. The zero-order valence-electron chi connectivity index (χ0n) is 11.7. The third kappa shape index (κ3) is 3.52. The van der Waals surface area contributed by atoms with Crippen LogP contribution in [-0.2, 0) is 29.7 Å². The number of pyridine rings is 1. The highest BCUT2D eigenvalue weighted by molar-refractivity contribution is 9.10. The molecule has 0 spiro atoms. The number of anilines is 1. The van der Waals surface area contributed by atoms with Gasteiger partial charge in [0.2, 0.25) is 0 Å². The van der Waals surface area contributed by atoms with E-state index in [-0.39, 0.29) is 18.7 Å². The van der Waals surface area contributed by atoms with Crippen molar-refractivity contribution in [1.82, 2.24) is 14.3 Å². The van der Waals surface area contributed by atoms with Gasteiger partial charge in [0.15, 0.2) is 0 Å². The van der Waals surface area contributed by atoms with Crippen LogP contribution in [0.15, 0.2) is 27.6 Å². The third-order valence-corrected chi connectivity index (χ3v) is 3.97. The van der Waals surface area contributed by atoms with Crippen molar-refractivity contribution in [1.29, 1.82) is 0 Å². The summed E-state index contributed by atoms with van der Waals surface area (Å²) in [4.78, 5) is 23.4. The highest BCUT2D eigenvalue weighted by Crippen LogP contribution is 2.20. The van der Waals surface area contributed by atoms with Crippen LogP contribution >= 0.6 is 15.9 Å². The van der Waals surface area contributed by atoms with Crippen LogP contribution in [0.25, 0.3) is 0 Å². The van der Waals surface area contributed by atoms with E-state index in [1.807, 2.05) is 6.92 Å². The first-order valence-corrected chi connectivity index (χ1v) is 6.97. The Hall–Kier alpha value is -2.09. The van der Waals surface area contributed by atoms with E-state index in [0.29, 0.717) is 5.69 Å². The number of nitrogen functional groups attached to an aromatic ring is 1. The minimum Gasteiger partial charge on any atom is -0.458 e. The zero-order chi connectivity index (χ0) is 15.6. The van der Waals surface area contributed by atoms with Gasteiger partial charge in [0.05, 0.1) is 15.9 Å². The fourth-order valence-electron chi connectivity index (χ4n) is 1.84. The van der Waals surface area contributed by atoms with Gasteiger partial charge in [-0.1, -0.05) is 0 Å². The van der Waals surface area contributed by atoms with E-state index in [1.54, 1.807) is 11.7 Å². The summed E-state index contributed by atoms with van der Waals surface area (Å²) in [7, 11) is 1.77. The predicted octanol–water partition coefficient (Wildman–Crippen LogP) is 0.978. The summed E-state index contributed by atoms with van der Waals surface area (Å²) in [6, 6.07) is 2.80. The molecule has 0 radical (unpaired) electrons. The monoisotopic (exact) mass is 354 g/mol. The van der Waals surface area contributed by atoms with Gasteiger partial charge in [-0.05, 0) is 28.9 Å². The Balaban J connectivity index is 2.02. The molecular weight excluding hydrogens is 340 g/mol. The molecule has 0 aromatic carbocycles. The van der Waals surface area contributed by atoms with Gasteiger partial charge in [0.1, 0.15) is 13.2 Å². The number of aryl methyl sites for hydroxylation is 2. The number of rotatable bonds is 4. The van der Waals surface area contributed by atoms with E-state index in [1.165, 1.54) is 22.9 Å². The Morgan fingerprint density at radius 1 is 1.48 bits per heavy atom. The van der Waals surface area contributed by atoms with Crippen LogP contribution in [0.3, 0.4) is 0 Å². The molecule has 0 fully saturated rings. The van der Waals surface area contributed by atoms with Crippen LogP contribution in [0.2, 0.25) is 0 Å². The fraction of sp³-hybridized carbons (Fsp3) is 0.308. The molecule has 0 aliphatic rings. The maximum Gasteiger partial charge on any atom is 0.326 e. The zero-order valence-corrected chi connectivity index (χ0v) is 13.3. The fourth-order valence-corrected chi connectivity index (χ4v) is 2.29. The van der Waals surface area contributed by atoms with Crippen molar-refractivity contribution in [3.63, 3.8) is 0 Å². The van der Waals surface area contributed by atoms with Gasteiger partial charge >= 0.3 is 5.97 Å². The second-order valence-corrected chi connectivity index (χ2v) is 5.35. The first kappa shape index (κ1) is 15.3. The molecule has 2 aromatic rings. The van der Waals surface area contributed by atoms with Crippen molar-refractivity contribution in [3.8, 4) is 0 Å². The summed E-state index contributed by atoms with van der Waals surface area (Å²) >= 11 is 3.39. The number of halogens is 1. The summed E-state index contributed by atoms with van der Waals surface area (Å²) < 4.78 is 8.82. The lowest BCUT2D eigenvalue weighted by Crippen LogP contribution is -2.24. The number of esters is 1. The Bertz CT molecular complexity index is 736. The lowest BCUT2D eigenvalue weighted by molar-refractivity contribution is -0.145. The van der Waals surface area contributed by atoms with Crippen molar-refractivity contribution in [3.05, 3.63) is 44.5 Å². The van der Waals surface area contributed by atoms with Crippen LogP contribution in [0.1, 0.15) is 11.4 Å². The van der Waals surface area contributed by atoms with Crippen LogP contribution < -0.4 is 11.3 Å². The van der Waals surface area contributed by atoms with E-state index in [2.05, 4.69) is 21.0 Å². The Labute approximate surface area is 129 Å². The molecule has 21 heavy (non-hydrogen) atoms. The molecule has 7 nitrogen and oxygen atoms in total. The number of carbonyl (C=O) groups is 1. The number of hydrogen-bond acceptors (Lipinski definition) is 5. The summed E-state index contributed by atoms with van der Waals surface area (Å²) in [6.07, 6.45) is 1.41. The molecule has 2 heterocycles. The average molecular weight is 355 g/mol. The van der Waals surface area contributed by atoms with Crippen LogP contribution in [-0.4, -0.2) is 20.3 Å². The predicted molar refractivity (Wildman–Crippen MR) is 80.6 cm³/mol. The maximum absolute atomic E-state index is 11.8. The molecule has 0 aliphatic carbocycles. The summed E-state index contributed by atoms with van der Waals surface area (Å²) in [5.41, 5.74) is 7.25. The van der Waals surface area contributed by atoms with E-state index >= 15 is 0 Å². The normalized spacial score (nSPS) is 10.6. The molecular formula is C13H15BrN4O3. The molecule has 0 unspecified atom stereocenters. The highest BCUT2D eigenvalue weighted by atomic mass is 79.9. The molecule has 2 aromatic heterocycles. The van der Waals surface area contributed by atoms with Crippen LogP contribution in [0.4, 0.5) is 5.69 Å². The minimum atomic E-state index is -0.520. The Kier molecular flexibility index (Phi) is 4.46. The minimum absolute atomic E-state index is 0.0772. The maximum atomic E-state index is 11.8. The van der Waals surface area contributed by atoms with E-state index in [9.17, 15) is 9.59 Å².